The van der Waals surface area contributed by atoms with Crippen LogP contribution in [0.1, 0.15) is 18.2 Å². The molecule has 1 aliphatic heterocycles. The van der Waals surface area contributed by atoms with Crippen LogP contribution in [0.3, 0.4) is 0 Å². The molecule has 0 radical (unpaired) electrons. The Labute approximate surface area is 143 Å². The van der Waals surface area contributed by atoms with Crippen LogP contribution in [0.5, 0.6) is 0 Å². The Bertz CT molecular complexity index is 976. The number of amides is 3. The molecule has 1 aromatic carbocycles. The van der Waals surface area contributed by atoms with Gasteiger partial charge in [0.1, 0.15) is 5.54 Å². The van der Waals surface area contributed by atoms with Crippen molar-refractivity contribution in [2.75, 3.05) is 0 Å². The van der Waals surface area contributed by atoms with Gasteiger partial charge in [-0.1, -0.05) is 30.3 Å². The minimum Gasteiger partial charge on any atom is -0.319 e. The lowest BCUT2D eigenvalue weighted by Crippen LogP contribution is -2.42. The van der Waals surface area contributed by atoms with Gasteiger partial charge >= 0.3 is 11.7 Å². The molecule has 1 N–H and O–H groups in total. The fraction of sp³-hybridized carbons (Fsp3) is 0.294. The van der Waals surface area contributed by atoms with E-state index in [2.05, 4.69) is 5.32 Å². The van der Waals surface area contributed by atoms with Gasteiger partial charge in [-0.15, -0.1) is 0 Å². The first kappa shape index (κ1) is 16.7. The van der Waals surface area contributed by atoms with Crippen molar-refractivity contribution in [3.63, 3.8) is 0 Å². The Hall–Kier alpha value is -3.16. The molecule has 25 heavy (non-hydrogen) atoms. The second-order valence-corrected chi connectivity index (χ2v) is 6.19. The lowest BCUT2D eigenvalue weighted by molar-refractivity contribution is -0.131. The number of nitrogens with zero attached hydrogens (tertiary/aromatic N) is 3. The Kier molecular flexibility index (Phi) is 3.82. The predicted octanol–water partition coefficient (Wildman–Crippen LogP) is 0.0512. The van der Waals surface area contributed by atoms with Crippen LogP contribution in [0.2, 0.25) is 0 Å². The number of carbonyl (C=O) groups excluding carboxylic acids is 2. The molecule has 0 bridgehead atoms. The van der Waals surface area contributed by atoms with Crippen molar-refractivity contribution in [1.82, 2.24) is 19.4 Å². The summed E-state index contributed by atoms with van der Waals surface area (Å²) in [6.07, 6.45) is 0. The Morgan fingerprint density at radius 1 is 1.00 bits per heavy atom. The zero-order valence-corrected chi connectivity index (χ0v) is 14.1. The molecule has 1 unspecified atom stereocenters. The van der Waals surface area contributed by atoms with Crippen LogP contribution < -0.4 is 16.6 Å². The van der Waals surface area contributed by atoms with Crippen molar-refractivity contribution in [2.45, 2.75) is 19.0 Å². The molecule has 2 aromatic rings. The topological polar surface area (TPSA) is 93.4 Å². The van der Waals surface area contributed by atoms with E-state index in [-0.39, 0.29) is 12.2 Å². The van der Waals surface area contributed by atoms with E-state index in [9.17, 15) is 19.2 Å². The van der Waals surface area contributed by atoms with E-state index in [4.69, 9.17) is 0 Å². The average molecular weight is 342 g/mol. The smallest absolute Gasteiger partial charge is 0.319 e. The molecule has 3 amide bonds. The van der Waals surface area contributed by atoms with E-state index >= 15 is 0 Å². The molecule has 0 spiro atoms. The van der Waals surface area contributed by atoms with Crippen molar-refractivity contribution >= 4 is 11.9 Å². The van der Waals surface area contributed by atoms with Gasteiger partial charge in [0.25, 0.3) is 11.5 Å². The number of imide groups is 1. The molecule has 0 saturated carbocycles. The highest BCUT2D eigenvalue weighted by Gasteiger charge is 2.49. The number of carbonyl (C=O) groups is 2. The van der Waals surface area contributed by atoms with Crippen LogP contribution in [0.4, 0.5) is 4.79 Å². The summed E-state index contributed by atoms with van der Waals surface area (Å²) >= 11 is 0. The van der Waals surface area contributed by atoms with Crippen molar-refractivity contribution < 1.29 is 9.59 Å². The second kappa shape index (κ2) is 5.73. The fourth-order valence-electron chi connectivity index (χ4n) is 2.90. The number of rotatable bonds is 3. The molecule has 130 valence electrons. The van der Waals surface area contributed by atoms with E-state index in [1.54, 1.807) is 31.2 Å². The Morgan fingerprint density at radius 2 is 1.64 bits per heavy atom. The number of hydrogen-bond acceptors (Lipinski definition) is 4. The van der Waals surface area contributed by atoms with Gasteiger partial charge in [-0.05, 0) is 12.5 Å². The van der Waals surface area contributed by atoms with Gasteiger partial charge in [0.15, 0.2) is 0 Å². The normalized spacial score (nSPS) is 20.0. The summed E-state index contributed by atoms with van der Waals surface area (Å²) in [5.74, 6) is -0.433. The highest BCUT2D eigenvalue weighted by atomic mass is 16.2. The third kappa shape index (κ3) is 2.55. The van der Waals surface area contributed by atoms with Crippen molar-refractivity contribution in [3.8, 4) is 0 Å². The summed E-state index contributed by atoms with van der Waals surface area (Å²) in [5, 5.41) is 2.69. The highest BCUT2D eigenvalue weighted by molar-refractivity contribution is 6.07. The molecular formula is C17H18N4O4. The number of aromatic nitrogens is 2. The van der Waals surface area contributed by atoms with E-state index in [1.165, 1.54) is 24.7 Å². The van der Waals surface area contributed by atoms with Crippen molar-refractivity contribution in [2.24, 2.45) is 14.1 Å². The highest BCUT2D eigenvalue weighted by Crippen LogP contribution is 2.29. The van der Waals surface area contributed by atoms with Gasteiger partial charge in [-0.2, -0.15) is 0 Å². The SMILES string of the molecule is Cn1c(CN2C(=O)NC(C)(c3ccccc3)C2=O)cc(=O)n(C)c1=O. The van der Waals surface area contributed by atoms with Crippen LogP contribution >= 0.6 is 0 Å². The van der Waals surface area contributed by atoms with Crippen molar-refractivity contribution in [3.05, 3.63) is 68.5 Å². The summed E-state index contributed by atoms with van der Waals surface area (Å²) in [4.78, 5) is 50.1. The molecule has 1 saturated heterocycles. The molecule has 8 nitrogen and oxygen atoms in total. The molecule has 8 heteroatoms. The number of benzene rings is 1. The van der Waals surface area contributed by atoms with E-state index in [0.29, 0.717) is 5.56 Å². The first-order valence-electron chi connectivity index (χ1n) is 7.71. The van der Waals surface area contributed by atoms with Gasteiger partial charge in [-0.3, -0.25) is 23.6 Å². The maximum Gasteiger partial charge on any atom is 0.330 e. The molecule has 2 heterocycles. The van der Waals surface area contributed by atoms with Crippen LogP contribution in [0, 0.1) is 0 Å². The lowest BCUT2D eigenvalue weighted by Gasteiger charge is -2.22. The fourth-order valence-corrected chi connectivity index (χ4v) is 2.90. The van der Waals surface area contributed by atoms with Crippen LogP contribution in [-0.2, 0) is 31.0 Å². The summed E-state index contributed by atoms with van der Waals surface area (Å²) in [5.41, 5.74) is -1.24. The third-order valence-corrected chi connectivity index (χ3v) is 4.57. The average Bonchev–Trinajstić information content (AvgIpc) is 2.82. The van der Waals surface area contributed by atoms with Gasteiger partial charge in [0, 0.05) is 25.9 Å². The standard InChI is InChI=1S/C17H18N4O4/c1-17(11-7-5-4-6-8-11)14(23)21(15(24)18-17)10-12-9-13(22)20(3)16(25)19(12)2/h4-9H,10H2,1-3H3,(H,18,24). The molecule has 0 aliphatic carbocycles. The van der Waals surface area contributed by atoms with Crippen LogP contribution in [0.25, 0.3) is 0 Å². The quantitative estimate of drug-likeness (QED) is 0.798. The first-order valence-corrected chi connectivity index (χ1v) is 7.71. The monoisotopic (exact) mass is 342 g/mol. The van der Waals surface area contributed by atoms with Gasteiger partial charge < -0.3 is 5.32 Å². The molecule has 1 aliphatic rings. The van der Waals surface area contributed by atoms with Gasteiger partial charge in [0.05, 0.1) is 6.54 Å². The summed E-state index contributed by atoms with van der Waals surface area (Å²) in [6, 6.07) is 9.59. The van der Waals surface area contributed by atoms with Gasteiger partial charge in [0.2, 0.25) is 0 Å². The Morgan fingerprint density at radius 3 is 2.28 bits per heavy atom. The third-order valence-electron chi connectivity index (χ3n) is 4.57. The minimum absolute atomic E-state index is 0.158. The zero-order valence-electron chi connectivity index (χ0n) is 14.1. The van der Waals surface area contributed by atoms with E-state index in [0.717, 1.165) is 9.47 Å². The summed E-state index contributed by atoms with van der Waals surface area (Å²) in [7, 11) is 2.86. The van der Waals surface area contributed by atoms with E-state index in [1.807, 2.05) is 6.07 Å². The summed E-state index contributed by atoms with van der Waals surface area (Å²) < 4.78 is 2.21. The predicted molar refractivity (Wildman–Crippen MR) is 89.8 cm³/mol. The number of urea groups is 1. The van der Waals surface area contributed by atoms with Crippen molar-refractivity contribution in [1.29, 1.82) is 0 Å². The molecule has 1 fully saturated rings. The maximum absolute atomic E-state index is 12.9. The zero-order chi connectivity index (χ0) is 18.4. The summed E-state index contributed by atoms with van der Waals surface area (Å²) in [6.45, 7) is 1.47. The number of hydrogen-bond donors (Lipinski definition) is 1. The van der Waals surface area contributed by atoms with Crippen LogP contribution in [-0.4, -0.2) is 26.0 Å². The maximum atomic E-state index is 12.9. The van der Waals surface area contributed by atoms with E-state index < -0.39 is 28.7 Å². The largest absolute Gasteiger partial charge is 0.330 e. The number of nitrogens with one attached hydrogen (secondary N) is 1. The first-order chi connectivity index (χ1) is 11.8. The molecule has 1 aromatic heterocycles. The lowest BCUT2D eigenvalue weighted by atomic mass is 9.92. The Balaban J connectivity index is 1.98. The molecular weight excluding hydrogens is 324 g/mol. The molecule has 3 rings (SSSR count). The van der Waals surface area contributed by atoms with Gasteiger partial charge in [-0.25, -0.2) is 9.59 Å². The minimum atomic E-state index is -1.18. The molecule has 1 atom stereocenters. The van der Waals surface area contributed by atoms with Crippen LogP contribution in [0.15, 0.2) is 46.0 Å². The second-order valence-electron chi connectivity index (χ2n) is 6.19.